The SMILES string of the molecule is Cc1cnccc1NC(=O)c1cnn(-c2ccccc2F)c1C. The van der Waals surface area contributed by atoms with E-state index in [1.165, 1.54) is 16.9 Å². The molecule has 0 radical (unpaired) electrons. The highest BCUT2D eigenvalue weighted by Gasteiger charge is 2.17. The van der Waals surface area contributed by atoms with Crippen LogP contribution in [-0.2, 0) is 0 Å². The maximum Gasteiger partial charge on any atom is 0.259 e. The van der Waals surface area contributed by atoms with Crippen molar-refractivity contribution in [1.29, 1.82) is 0 Å². The summed E-state index contributed by atoms with van der Waals surface area (Å²) in [4.78, 5) is 16.4. The van der Waals surface area contributed by atoms with Gasteiger partial charge in [-0.1, -0.05) is 12.1 Å². The summed E-state index contributed by atoms with van der Waals surface area (Å²) in [6.07, 6.45) is 4.72. The van der Waals surface area contributed by atoms with Crippen LogP contribution in [0.2, 0.25) is 0 Å². The Morgan fingerprint density at radius 1 is 1.17 bits per heavy atom. The van der Waals surface area contributed by atoms with Crippen LogP contribution in [0.1, 0.15) is 21.6 Å². The molecule has 0 bridgehead atoms. The van der Waals surface area contributed by atoms with E-state index in [-0.39, 0.29) is 5.91 Å². The quantitative estimate of drug-likeness (QED) is 0.807. The van der Waals surface area contributed by atoms with Crippen molar-refractivity contribution >= 4 is 11.6 Å². The van der Waals surface area contributed by atoms with Crippen molar-refractivity contribution < 1.29 is 9.18 Å². The number of benzene rings is 1. The number of pyridine rings is 1. The topological polar surface area (TPSA) is 59.8 Å². The molecule has 3 rings (SSSR count). The molecule has 5 nitrogen and oxygen atoms in total. The predicted molar refractivity (Wildman–Crippen MR) is 85.2 cm³/mol. The number of para-hydroxylation sites is 1. The zero-order valence-corrected chi connectivity index (χ0v) is 12.7. The van der Waals surface area contributed by atoms with Gasteiger partial charge in [0.1, 0.15) is 11.5 Å². The highest BCUT2D eigenvalue weighted by atomic mass is 19.1. The summed E-state index contributed by atoms with van der Waals surface area (Å²) in [6, 6.07) is 8.03. The molecule has 0 aliphatic carbocycles. The number of carbonyl (C=O) groups excluding carboxylic acids is 1. The molecule has 6 heteroatoms. The number of hydrogen-bond donors (Lipinski definition) is 1. The summed E-state index contributed by atoms with van der Waals surface area (Å²) in [7, 11) is 0. The van der Waals surface area contributed by atoms with Gasteiger partial charge in [0.05, 0.1) is 17.5 Å². The zero-order valence-electron chi connectivity index (χ0n) is 12.7. The van der Waals surface area contributed by atoms with E-state index in [9.17, 15) is 9.18 Å². The Kier molecular flexibility index (Phi) is 3.89. The monoisotopic (exact) mass is 310 g/mol. The molecule has 2 aromatic heterocycles. The average Bonchev–Trinajstić information content (AvgIpc) is 2.92. The fourth-order valence-electron chi connectivity index (χ4n) is 2.30. The van der Waals surface area contributed by atoms with Crippen LogP contribution in [0, 0.1) is 19.7 Å². The molecule has 23 heavy (non-hydrogen) atoms. The second-order valence-corrected chi connectivity index (χ2v) is 5.15. The summed E-state index contributed by atoms with van der Waals surface area (Å²) < 4.78 is 15.3. The minimum absolute atomic E-state index is 0.292. The Hall–Kier alpha value is -3.02. The molecular weight excluding hydrogens is 295 g/mol. The highest BCUT2D eigenvalue weighted by Crippen LogP contribution is 2.19. The molecule has 116 valence electrons. The van der Waals surface area contributed by atoms with E-state index in [2.05, 4.69) is 15.4 Å². The first kappa shape index (κ1) is 14.9. The van der Waals surface area contributed by atoms with Gasteiger partial charge in [0.2, 0.25) is 0 Å². The number of rotatable bonds is 3. The third-order valence-corrected chi connectivity index (χ3v) is 3.60. The van der Waals surface area contributed by atoms with Crippen LogP contribution in [0.15, 0.2) is 48.9 Å². The fourth-order valence-corrected chi connectivity index (χ4v) is 2.30. The van der Waals surface area contributed by atoms with Crippen molar-refractivity contribution in [2.75, 3.05) is 5.32 Å². The Balaban J connectivity index is 1.92. The van der Waals surface area contributed by atoms with E-state index in [0.29, 0.717) is 22.6 Å². The maximum atomic E-state index is 13.9. The van der Waals surface area contributed by atoms with Crippen molar-refractivity contribution in [2.24, 2.45) is 0 Å². The molecule has 0 aliphatic rings. The lowest BCUT2D eigenvalue weighted by Crippen LogP contribution is -2.14. The van der Waals surface area contributed by atoms with Gasteiger partial charge in [0.15, 0.2) is 0 Å². The largest absolute Gasteiger partial charge is 0.322 e. The van der Waals surface area contributed by atoms with Gasteiger partial charge < -0.3 is 5.32 Å². The maximum absolute atomic E-state index is 13.9. The zero-order chi connectivity index (χ0) is 16.4. The minimum Gasteiger partial charge on any atom is -0.322 e. The van der Waals surface area contributed by atoms with Gasteiger partial charge in [-0.05, 0) is 37.6 Å². The van der Waals surface area contributed by atoms with Crippen LogP contribution in [0.5, 0.6) is 0 Å². The number of carbonyl (C=O) groups is 1. The Bertz CT molecular complexity index is 873. The molecule has 0 atom stereocenters. The molecule has 0 fully saturated rings. The summed E-state index contributed by atoms with van der Waals surface area (Å²) in [5.41, 5.74) is 2.82. The van der Waals surface area contributed by atoms with Crippen LogP contribution in [0.4, 0.5) is 10.1 Å². The molecule has 0 spiro atoms. The van der Waals surface area contributed by atoms with E-state index in [1.54, 1.807) is 43.6 Å². The van der Waals surface area contributed by atoms with E-state index >= 15 is 0 Å². The van der Waals surface area contributed by atoms with Crippen molar-refractivity contribution in [3.05, 3.63) is 71.6 Å². The summed E-state index contributed by atoms with van der Waals surface area (Å²) in [5, 5.41) is 6.96. The van der Waals surface area contributed by atoms with E-state index < -0.39 is 5.82 Å². The molecule has 3 aromatic rings. The molecule has 0 unspecified atom stereocenters. The van der Waals surface area contributed by atoms with Crippen LogP contribution >= 0.6 is 0 Å². The second kappa shape index (κ2) is 6.00. The van der Waals surface area contributed by atoms with Gasteiger partial charge in [0, 0.05) is 18.1 Å². The number of aryl methyl sites for hydroxylation is 1. The van der Waals surface area contributed by atoms with Gasteiger partial charge in [-0.2, -0.15) is 5.10 Å². The lowest BCUT2D eigenvalue weighted by atomic mass is 10.2. The third kappa shape index (κ3) is 2.83. The summed E-state index contributed by atoms with van der Waals surface area (Å²) in [6.45, 7) is 3.59. The number of nitrogens with one attached hydrogen (secondary N) is 1. The molecule has 1 amide bonds. The van der Waals surface area contributed by atoms with Gasteiger partial charge >= 0.3 is 0 Å². The first-order chi connectivity index (χ1) is 11.1. The smallest absolute Gasteiger partial charge is 0.259 e. The Morgan fingerprint density at radius 2 is 1.96 bits per heavy atom. The van der Waals surface area contributed by atoms with Gasteiger partial charge in [0.25, 0.3) is 5.91 Å². The average molecular weight is 310 g/mol. The predicted octanol–water partition coefficient (Wildman–Crippen LogP) is 3.28. The highest BCUT2D eigenvalue weighted by molar-refractivity contribution is 6.05. The molecule has 0 saturated heterocycles. The number of anilines is 1. The van der Waals surface area contributed by atoms with Crippen LogP contribution < -0.4 is 5.32 Å². The normalized spacial score (nSPS) is 10.6. The van der Waals surface area contributed by atoms with E-state index in [1.807, 2.05) is 6.92 Å². The van der Waals surface area contributed by atoms with Gasteiger partial charge in [-0.15, -0.1) is 0 Å². The fraction of sp³-hybridized carbons (Fsp3) is 0.118. The Morgan fingerprint density at radius 3 is 2.70 bits per heavy atom. The number of hydrogen-bond acceptors (Lipinski definition) is 3. The lowest BCUT2D eigenvalue weighted by Gasteiger charge is -2.08. The van der Waals surface area contributed by atoms with Gasteiger partial charge in [-0.3, -0.25) is 9.78 Å². The number of aromatic nitrogens is 3. The van der Waals surface area contributed by atoms with Crippen LogP contribution in [0.3, 0.4) is 0 Å². The number of halogens is 1. The second-order valence-electron chi connectivity index (χ2n) is 5.15. The summed E-state index contributed by atoms with van der Waals surface area (Å²) >= 11 is 0. The lowest BCUT2D eigenvalue weighted by molar-refractivity contribution is 0.102. The van der Waals surface area contributed by atoms with E-state index in [4.69, 9.17) is 0 Å². The standard InChI is InChI=1S/C17H15FN4O/c1-11-9-19-8-7-15(11)21-17(23)13-10-20-22(12(13)2)16-6-4-3-5-14(16)18/h3-10H,1-2H3,(H,19,21,23). The van der Waals surface area contributed by atoms with Crippen LogP contribution in [-0.4, -0.2) is 20.7 Å². The number of amides is 1. The molecule has 2 heterocycles. The van der Waals surface area contributed by atoms with E-state index in [0.717, 1.165) is 5.56 Å². The van der Waals surface area contributed by atoms with Crippen molar-refractivity contribution in [2.45, 2.75) is 13.8 Å². The molecule has 1 N–H and O–H groups in total. The minimum atomic E-state index is -0.393. The molecule has 0 aliphatic heterocycles. The van der Waals surface area contributed by atoms with Crippen molar-refractivity contribution in [3.8, 4) is 5.69 Å². The van der Waals surface area contributed by atoms with Gasteiger partial charge in [-0.25, -0.2) is 9.07 Å². The molecule has 0 saturated carbocycles. The number of nitrogens with zero attached hydrogens (tertiary/aromatic N) is 3. The molecule has 1 aromatic carbocycles. The summed E-state index contributed by atoms with van der Waals surface area (Å²) in [5.74, 6) is -0.685. The van der Waals surface area contributed by atoms with Crippen molar-refractivity contribution in [1.82, 2.24) is 14.8 Å². The van der Waals surface area contributed by atoms with Crippen molar-refractivity contribution in [3.63, 3.8) is 0 Å². The third-order valence-electron chi connectivity index (χ3n) is 3.60. The Labute approximate surface area is 132 Å². The molecular formula is C17H15FN4O. The first-order valence-corrected chi connectivity index (χ1v) is 7.09. The first-order valence-electron chi connectivity index (χ1n) is 7.09. The van der Waals surface area contributed by atoms with Crippen LogP contribution in [0.25, 0.3) is 5.69 Å².